The van der Waals surface area contributed by atoms with E-state index in [4.69, 9.17) is 19.2 Å². The van der Waals surface area contributed by atoms with Crippen LogP contribution in [0.5, 0.6) is 11.8 Å². The summed E-state index contributed by atoms with van der Waals surface area (Å²) < 4.78 is 80.8. The van der Waals surface area contributed by atoms with Crippen LogP contribution < -0.4 is 9.64 Å². The van der Waals surface area contributed by atoms with Gasteiger partial charge in [0.2, 0.25) is 0 Å². The van der Waals surface area contributed by atoms with Gasteiger partial charge in [-0.1, -0.05) is 13.0 Å². The van der Waals surface area contributed by atoms with E-state index in [9.17, 15) is 9.50 Å². The Morgan fingerprint density at radius 2 is 1.91 bits per heavy atom. The molecule has 5 heterocycles. The highest BCUT2D eigenvalue weighted by Crippen LogP contribution is 2.44. The minimum absolute atomic E-state index is 0.0151. The molecule has 4 aliphatic heterocycles. The Balaban J connectivity index is 1.30. The van der Waals surface area contributed by atoms with Gasteiger partial charge in [0.15, 0.2) is 5.82 Å². The lowest BCUT2D eigenvalue weighted by molar-refractivity contribution is -0.167. The second-order valence-electron chi connectivity index (χ2n) is 13.4. The monoisotopic (exact) mass is 652 g/mol. The van der Waals surface area contributed by atoms with E-state index in [1.54, 1.807) is 6.92 Å². The summed E-state index contributed by atoms with van der Waals surface area (Å²) in [4.78, 5) is 13.2. The Labute approximate surface area is 269 Å². The van der Waals surface area contributed by atoms with Crippen LogP contribution in [0.3, 0.4) is 0 Å². The lowest BCUT2D eigenvalue weighted by Crippen LogP contribution is -2.54. The van der Waals surface area contributed by atoms with Gasteiger partial charge >= 0.3 is 6.01 Å². The molecule has 248 valence electrons. The van der Waals surface area contributed by atoms with E-state index in [2.05, 4.69) is 9.88 Å². The van der Waals surface area contributed by atoms with Crippen molar-refractivity contribution in [3.8, 4) is 22.9 Å². The van der Waals surface area contributed by atoms with Crippen molar-refractivity contribution in [3.05, 3.63) is 53.3 Å². The Morgan fingerprint density at radius 1 is 1.06 bits per heavy atom. The second kappa shape index (κ2) is 11.5. The summed E-state index contributed by atoms with van der Waals surface area (Å²) in [6.07, 6.45) is 2.10. The van der Waals surface area contributed by atoms with E-state index in [1.807, 2.05) is 4.90 Å². The van der Waals surface area contributed by atoms with Gasteiger partial charge in [0, 0.05) is 31.3 Å². The van der Waals surface area contributed by atoms with Crippen LogP contribution in [0, 0.1) is 17.5 Å². The number of phenolic OH excluding ortho intramolecular Hbond substituents is 1. The third-order valence-corrected chi connectivity index (χ3v) is 10.5. The first-order valence-electron chi connectivity index (χ1n) is 16.3. The largest absolute Gasteiger partial charge is 0.508 e. The number of phenols is 1. The SMILES string of the molecule is CCc1c(F)ccc2cc(O)cc(-c3c(F)cc4c(N5CCOCC6(CCO6)C5)nc(OC[C@@]56CCCN5C[C@H](F)C6)nc4c3F)c12. The molecule has 4 saturated heterocycles. The number of benzene rings is 3. The van der Waals surface area contributed by atoms with Crippen molar-refractivity contribution in [2.24, 2.45) is 0 Å². The molecule has 1 unspecified atom stereocenters. The van der Waals surface area contributed by atoms with Gasteiger partial charge in [-0.3, -0.25) is 4.90 Å². The quantitative estimate of drug-likeness (QED) is 0.251. The molecule has 4 fully saturated rings. The normalized spacial score (nSPS) is 26.2. The zero-order valence-corrected chi connectivity index (χ0v) is 26.1. The first kappa shape index (κ1) is 30.6. The fraction of sp³-hybridized carbons (Fsp3) is 0.486. The number of ether oxygens (including phenoxy) is 3. The predicted molar refractivity (Wildman–Crippen MR) is 168 cm³/mol. The van der Waals surface area contributed by atoms with E-state index < -0.39 is 40.3 Å². The molecule has 3 atom stereocenters. The molecule has 8 nitrogen and oxygen atoms in total. The summed E-state index contributed by atoms with van der Waals surface area (Å²) in [7, 11) is 0. The van der Waals surface area contributed by atoms with E-state index in [0.717, 1.165) is 25.8 Å². The molecule has 0 amide bonds. The topological polar surface area (TPSA) is 80.2 Å². The molecular formula is C35H36F4N4O4. The number of anilines is 1. The van der Waals surface area contributed by atoms with Gasteiger partial charge in [0.25, 0.3) is 0 Å². The summed E-state index contributed by atoms with van der Waals surface area (Å²) in [5.41, 5.74) is -1.38. The number of hydrogen-bond donors (Lipinski definition) is 1. The fourth-order valence-corrected chi connectivity index (χ4v) is 8.12. The summed E-state index contributed by atoms with van der Waals surface area (Å²) in [6.45, 7) is 5.13. The highest BCUT2D eigenvalue weighted by molar-refractivity contribution is 6.03. The number of rotatable bonds is 6. The van der Waals surface area contributed by atoms with E-state index in [0.29, 0.717) is 56.6 Å². The third kappa shape index (κ3) is 5.07. The summed E-state index contributed by atoms with van der Waals surface area (Å²) in [6, 6.07) is 6.53. The summed E-state index contributed by atoms with van der Waals surface area (Å²) in [5.74, 6) is -2.35. The minimum atomic E-state index is -0.988. The first-order valence-corrected chi connectivity index (χ1v) is 16.3. The number of halogens is 4. The van der Waals surface area contributed by atoms with Crippen molar-refractivity contribution in [2.45, 2.75) is 56.3 Å². The van der Waals surface area contributed by atoms with Crippen molar-refractivity contribution in [3.63, 3.8) is 0 Å². The molecule has 0 saturated carbocycles. The third-order valence-electron chi connectivity index (χ3n) is 10.5. The van der Waals surface area contributed by atoms with Crippen molar-refractivity contribution < 1.29 is 36.9 Å². The Hall–Kier alpha value is -3.74. The number of alkyl halides is 1. The number of hydrogen-bond acceptors (Lipinski definition) is 8. The number of aromatic hydroxyl groups is 1. The molecule has 0 radical (unpaired) electrons. The Morgan fingerprint density at radius 3 is 2.70 bits per heavy atom. The van der Waals surface area contributed by atoms with Gasteiger partial charge in [0.05, 0.1) is 37.5 Å². The number of aryl methyl sites for hydroxylation is 1. The highest BCUT2D eigenvalue weighted by Gasteiger charge is 2.49. The zero-order valence-electron chi connectivity index (χ0n) is 26.1. The van der Waals surface area contributed by atoms with E-state index in [1.165, 1.54) is 30.3 Å². The summed E-state index contributed by atoms with van der Waals surface area (Å²) in [5, 5.41) is 11.5. The standard InChI is InChI=1S/C35H36F4N4O4/c1-2-23-26(37)5-4-20-12-22(44)13-24(28(20)23)29-27(38)14-25-31(30(29)39)40-33(46-18-34-6-3-8-43(34)16-21(36)15-34)41-32(25)42-9-11-45-19-35(17-42)7-10-47-35/h4-5,12-14,21,44H,2-3,6-11,15-19H2,1H3/t21-,34+,35?/m1/s1. The number of aromatic nitrogens is 2. The maximum absolute atomic E-state index is 17.0. The smallest absolute Gasteiger partial charge is 0.319 e. The van der Waals surface area contributed by atoms with Crippen LogP contribution in [0.4, 0.5) is 23.4 Å². The maximum atomic E-state index is 17.0. The molecule has 1 aromatic heterocycles. The van der Waals surface area contributed by atoms with Gasteiger partial charge < -0.3 is 24.2 Å². The van der Waals surface area contributed by atoms with Crippen LogP contribution in [0.25, 0.3) is 32.8 Å². The van der Waals surface area contributed by atoms with Crippen LogP contribution in [0.1, 0.15) is 38.2 Å². The lowest BCUT2D eigenvalue weighted by atomic mass is 9.91. The predicted octanol–water partition coefficient (Wildman–Crippen LogP) is 6.09. The molecule has 4 aromatic rings. The minimum Gasteiger partial charge on any atom is -0.508 e. The molecule has 12 heteroatoms. The average molecular weight is 653 g/mol. The molecule has 0 bridgehead atoms. The Kier molecular flexibility index (Phi) is 7.45. The Bertz CT molecular complexity index is 1890. The highest BCUT2D eigenvalue weighted by atomic mass is 19.1. The molecule has 1 N–H and O–H groups in total. The van der Waals surface area contributed by atoms with Crippen LogP contribution in [0.2, 0.25) is 0 Å². The van der Waals surface area contributed by atoms with Crippen molar-refractivity contribution in [1.82, 2.24) is 14.9 Å². The first-order chi connectivity index (χ1) is 22.7. The van der Waals surface area contributed by atoms with Crippen LogP contribution >= 0.6 is 0 Å². The maximum Gasteiger partial charge on any atom is 0.319 e. The summed E-state index contributed by atoms with van der Waals surface area (Å²) >= 11 is 0. The van der Waals surface area contributed by atoms with Crippen LogP contribution in [-0.2, 0) is 15.9 Å². The van der Waals surface area contributed by atoms with E-state index >= 15 is 13.2 Å². The van der Waals surface area contributed by atoms with Crippen LogP contribution in [0.15, 0.2) is 30.3 Å². The molecule has 1 spiro atoms. The number of nitrogens with zero attached hydrogens (tertiary/aromatic N) is 4. The fourth-order valence-electron chi connectivity index (χ4n) is 8.12. The molecule has 47 heavy (non-hydrogen) atoms. The molecule has 4 aliphatic rings. The van der Waals surface area contributed by atoms with Crippen LogP contribution in [-0.4, -0.2) is 89.9 Å². The van der Waals surface area contributed by atoms with Crippen molar-refractivity contribution in [2.75, 3.05) is 57.5 Å². The zero-order chi connectivity index (χ0) is 32.5. The van der Waals surface area contributed by atoms with Gasteiger partial charge in [-0.25, -0.2) is 17.6 Å². The second-order valence-corrected chi connectivity index (χ2v) is 13.4. The molecular weight excluding hydrogens is 616 g/mol. The lowest BCUT2D eigenvalue weighted by Gasteiger charge is -2.43. The average Bonchev–Trinajstić information content (AvgIpc) is 3.44. The van der Waals surface area contributed by atoms with Crippen molar-refractivity contribution >= 4 is 27.5 Å². The van der Waals surface area contributed by atoms with Gasteiger partial charge in [-0.2, -0.15) is 9.97 Å². The van der Waals surface area contributed by atoms with Crippen molar-refractivity contribution in [1.29, 1.82) is 0 Å². The molecule has 3 aromatic carbocycles. The number of fused-ring (bicyclic) bond motifs is 3. The van der Waals surface area contributed by atoms with Gasteiger partial charge in [0.1, 0.15) is 47.1 Å². The van der Waals surface area contributed by atoms with E-state index in [-0.39, 0.29) is 52.6 Å². The molecule has 8 rings (SSSR count). The van der Waals surface area contributed by atoms with Gasteiger partial charge in [-0.05, 0) is 72.0 Å². The molecule has 0 aliphatic carbocycles. The van der Waals surface area contributed by atoms with Gasteiger partial charge in [-0.15, -0.1) is 0 Å².